The average Bonchev–Trinajstić information content (AvgIpc) is 2.18. The molecule has 0 aromatic heterocycles. The molecule has 4 heteroatoms. The fraction of sp³-hybridized carbons (Fsp3) is 0.364. The van der Waals surface area contributed by atoms with E-state index in [9.17, 15) is 4.79 Å². The molecule has 0 bridgehead atoms. The van der Waals surface area contributed by atoms with Crippen molar-refractivity contribution in [3.8, 4) is 5.75 Å². The van der Waals surface area contributed by atoms with Gasteiger partial charge in [0.2, 0.25) is 0 Å². The topological polar surface area (TPSA) is 26.3 Å². The van der Waals surface area contributed by atoms with Gasteiger partial charge in [0.1, 0.15) is 5.75 Å². The molecule has 1 heterocycles. The molecule has 0 amide bonds. The van der Waals surface area contributed by atoms with Gasteiger partial charge in [-0.25, -0.2) is 0 Å². The van der Waals surface area contributed by atoms with Crippen LogP contribution in [0.25, 0.3) is 0 Å². The van der Waals surface area contributed by atoms with Crippen LogP contribution < -0.4 is 4.74 Å². The Balaban J connectivity index is 2.52. The number of thioether (sulfide) groups is 1. The third-order valence-electron chi connectivity index (χ3n) is 2.36. The van der Waals surface area contributed by atoms with Gasteiger partial charge in [-0.2, -0.15) is 0 Å². The van der Waals surface area contributed by atoms with Crippen LogP contribution in [0.3, 0.4) is 0 Å². The van der Waals surface area contributed by atoms with E-state index < -0.39 is 0 Å². The maximum absolute atomic E-state index is 11.7. The Hall–Kier alpha value is -0.670. The van der Waals surface area contributed by atoms with E-state index >= 15 is 0 Å². The number of carbonyl (C=O) groups is 1. The zero-order valence-corrected chi connectivity index (χ0v) is 10.1. The molecular weight excluding hydrogens is 232 g/mol. The summed E-state index contributed by atoms with van der Waals surface area (Å²) in [6, 6.07) is 3.55. The van der Waals surface area contributed by atoms with Gasteiger partial charge in [-0.3, -0.25) is 4.79 Å². The molecule has 0 fully saturated rings. The number of hydrogen-bond donors (Lipinski definition) is 0. The van der Waals surface area contributed by atoms with Crippen LogP contribution >= 0.6 is 23.4 Å². The molecule has 1 aromatic rings. The lowest BCUT2D eigenvalue weighted by Gasteiger charge is -2.20. The maximum atomic E-state index is 11.7. The molecule has 80 valence electrons. The molecule has 15 heavy (non-hydrogen) atoms. The minimum Gasteiger partial charge on any atom is -0.495 e. The number of ether oxygens (including phenoxy) is 1. The molecule has 1 atom stereocenters. The minimum absolute atomic E-state index is 0.167. The van der Waals surface area contributed by atoms with Crippen molar-refractivity contribution in [2.75, 3.05) is 7.11 Å². The smallest absolute Gasteiger partial charge is 0.165 e. The van der Waals surface area contributed by atoms with E-state index in [1.165, 1.54) is 0 Å². The van der Waals surface area contributed by atoms with Crippen LogP contribution in [0.4, 0.5) is 0 Å². The molecular formula is C11H11ClO2S. The summed E-state index contributed by atoms with van der Waals surface area (Å²) in [7, 11) is 1.58. The summed E-state index contributed by atoms with van der Waals surface area (Å²) in [6.45, 7) is 2.05. The SMILES string of the molecule is COc1cc2c(cc1Cl)C(=O)CC(C)S2. The second kappa shape index (κ2) is 4.06. The van der Waals surface area contributed by atoms with Crippen LogP contribution in [-0.4, -0.2) is 18.1 Å². The molecule has 0 radical (unpaired) electrons. The van der Waals surface area contributed by atoms with Crippen LogP contribution in [0.2, 0.25) is 5.02 Å². The molecule has 0 aliphatic carbocycles. The number of carbonyl (C=O) groups excluding carboxylic acids is 1. The second-order valence-electron chi connectivity index (χ2n) is 3.54. The van der Waals surface area contributed by atoms with Gasteiger partial charge in [0, 0.05) is 22.1 Å². The van der Waals surface area contributed by atoms with E-state index in [1.807, 2.05) is 13.0 Å². The van der Waals surface area contributed by atoms with Gasteiger partial charge in [-0.1, -0.05) is 18.5 Å². The van der Waals surface area contributed by atoms with Crippen molar-refractivity contribution in [1.29, 1.82) is 0 Å². The number of Topliss-reactive ketones (excluding diaryl/α,β-unsaturated/α-hetero) is 1. The zero-order chi connectivity index (χ0) is 11.0. The number of rotatable bonds is 1. The van der Waals surface area contributed by atoms with Gasteiger partial charge in [0.05, 0.1) is 12.1 Å². The molecule has 0 saturated carbocycles. The van der Waals surface area contributed by atoms with E-state index in [1.54, 1.807) is 24.9 Å². The first-order valence-corrected chi connectivity index (χ1v) is 5.95. The Morgan fingerprint density at radius 1 is 1.53 bits per heavy atom. The predicted molar refractivity (Wildman–Crippen MR) is 62.3 cm³/mol. The predicted octanol–water partition coefficient (Wildman–Crippen LogP) is 3.42. The van der Waals surface area contributed by atoms with Crippen molar-refractivity contribution in [2.45, 2.75) is 23.5 Å². The normalized spacial score (nSPS) is 19.9. The Bertz CT molecular complexity index is 417. The summed E-state index contributed by atoms with van der Waals surface area (Å²) in [4.78, 5) is 12.7. The summed E-state index contributed by atoms with van der Waals surface area (Å²) in [6.07, 6.45) is 0.584. The third-order valence-corrected chi connectivity index (χ3v) is 3.81. The van der Waals surface area contributed by atoms with Crippen molar-refractivity contribution in [2.24, 2.45) is 0 Å². The van der Waals surface area contributed by atoms with E-state index in [0.717, 1.165) is 10.5 Å². The highest BCUT2D eigenvalue weighted by Gasteiger charge is 2.24. The Morgan fingerprint density at radius 2 is 2.27 bits per heavy atom. The highest BCUT2D eigenvalue weighted by atomic mass is 35.5. The first-order valence-electron chi connectivity index (χ1n) is 4.69. The van der Waals surface area contributed by atoms with Gasteiger partial charge in [0.15, 0.2) is 5.78 Å². The minimum atomic E-state index is 0.167. The summed E-state index contributed by atoms with van der Waals surface area (Å²) in [5.74, 6) is 0.797. The number of fused-ring (bicyclic) bond motifs is 1. The number of benzene rings is 1. The molecule has 1 aromatic carbocycles. The lowest BCUT2D eigenvalue weighted by Crippen LogP contribution is -2.14. The number of methoxy groups -OCH3 is 1. The molecule has 0 N–H and O–H groups in total. The highest BCUT2D eigenvalue weighted by Crippen LogP contribution is 2.40. The Morgan fingerprint density at radius 3 is 2.93 bits per heavy atom. The molecule has 1 unspecified atom stereocenters. The number of ketones is 1. The summed E-state index contributed by atoms with van der Waals surface area (Å²) >= 11 is 7.67. The van der Waals surface area contributed by atoms with Crippen LogP contribution in [0, 0.1) is 0 Å². The van der Waals surface area contributed by atoms with Crippen LogP contribution in [0.15, 0.2) is 17.0 Å². The molecule has 2 rings (SSSR count). The number of halogens is 1. The van der Waals surface area contributed by atoms with Crippen molar-refractivity contribution in [3.63, 3.8) is 0 Å². The Labute approximate surface area is 98.0 Å². The average molecular weight is 243 g/mol. The van der Waals surface area contributed by atoms with Gasteiger partial charge in [-0.05, 0) is 12.1 Å². The fourth-order valence-electron chi connectivity index (χ4n) is 1.64. The van der Waals surface area contributed by atoms with Crippen molar-refractivity contribution >= 4 is 29.1 Å². The third kappa shape index (κ3) is 1.99. The van der Waals surface area contributed by atoms with Gasteiger partial charge >= 0.3 is 0 Å². The van der Waals surface area contributed by atoms with E-state index in [4.69, 9.17) is 16.3 Å². The summed E-state index contributed by atoms with van der Waals surface area (Å²) < 4.78 is 5.12. The standard InChI is InChI=1S/C11H11ClO2S/c1-6-3-9(13)7-4-8(12)10(14-2)5-11(7)15-6/h4-6H,3H2,1-2H3. The van der Waals surface area contributed by atoms with Crippen LogP contribution in [0.1, 0.15) is 23.7 Å². The van der Waals surface area contributed by atoms with E-state index in [2.05, 4.69) is 0 Å². The largest absolute Gasteiger partial charge is 0.495 e. The van der Waals surface area contributed by atoms with Gasteiger partial charge < -0.3 is 4.74 Å². The van der Waals surface area contributed by atoms with Gasteiger partial charge in [-0.15, -0.1) is 11.8 Å². The first kappa shape index (κ1) is 10.8. The zero-order valence-electron chi connectivity index (χ0n) is 8.54. The quantitative estimate of drug-likeness (QED) is 0.755. The summed E-state index contributed by atoms with van der Waals surface area (Å²) in [5, 5.41) is 0.829. The van der Waals surface area contributed by atoms with Crippen molar-refractivity contribution in [1.82, 2.24) is 0 Å². The first-order chi connectivity index (χ1) is 7.11. The fourth-order valence-corrected chi connectivity index (χ4v) is 3.02. The van der Waals surface area contributed by atoms with Crippen molar-refractivity contribution in [3.05, 3.63) is 22.7 Å². The van der Waals surface area contributed by atoms with Gasteiger partial charge in [0.25, 0.3) is 0 Å². The number of hydrogen-bond acceptors (Lipinski definition) is 3. The van der Waals surface area contributed by atoms with E-state index in [0.29, 0.717) is 22.4 Å². The lowest BCUT2D eigenvalue weighted by atomic mass is 10.1. The van der Waals surface area contributed by atoms with Crippen LogP contribution in [-0.2, 0) is 0 Å². The van der Waals surface area contributed by atoms with E-state index in [-0.39, 0.29) is 5.78 Å². The molecule has 2 nitrogen and oxygen atoms in total. The Kier molecular flexibility index (Phi) is 2.94. The maximum Gasteiger partial charge on any atom is 0.165 e. The van der Waals surface area contributed by atoms with Crippen molar-refractivity contribution < 1.29 is 9.53 Å². The van der Waals surface area contributed by atoms with Crippen LogP contribution in [0.5, 0.6) is 5.75 Å². The molecule has 0 saturated heterocycles. The molecule has 1 aliphatic heterocycles. The second-order valence-corrected chi connectivity index (χ2v) is 5.43. The monoisotopic (exact) mass is 242 g/mol. The molecule has 1 aliphatic rings. The molecule has 0 spiro atoms. The highest BCUT2D eigenvalue weighted by molar-refractivity contribution is 8.00. The lowest BCUT2D eigenvalue weighted by molar-refractivity contribution is 0.0978. The summed E-state index contributed by atoms with van der Waals surface area (Å²) in [5.41, 5.74) is 0.726.